The molecule has 1 amide bonds. The lowest BCUT2D eigenvalue weighted by Crippen LogP contribution is -2.40. The molecular weight excluding hydrogens is 216 g/mol. The van der Waals surface area contributed by atoms with Gasteiger partial charge in [0, 0.05) is 13.1 Å². The van der Waals surface area contributed by atoms with Crippen molar-refractivity contribution in [1.29, 1.82) is 0 Å². The fourth-order valence-electron chi connectivity index (χ4n) is 1.09. The molecule has 0 aliphatic rings. The number of rotatable bonds is 7. The Hall–Kier alpha value is -0.620. The Morgan fingerprint density at radius 3 is 2.27 bits per heavy atom. The Bertz CT molecular complexity index is 288. The minimum Gasteiger partial charge on any atom is -0.355 e. The van der Waals surface area contributed by atoms with Crippen LogP contribution in [0.1, 0.15) is 26.7 Å². The summed E-state index contributed by atoms with van der Waals surface area (Å²) in [6.45, 7) is 4.72. The average molecular weight is 236 g/mol. The molecule has 0 bridgehead atoms. The zero-order valence-electron chi connectivity index (χ0n) is 9.62. The van der Waals surface area contributed by atoms with E-state index in [0.29, 0.717) is 19.5 Å². The third kappa shape index (κ3) is 6.46. The molecule has 0 aliphatic carbocycles. The second kappa shape index (κ2) is 6.79. The van der Waals surface area contributed by atoms with Crippen molar-refractivity contribution in [3.63, 3.8) is 0 Å². The first-order valence-electron chi connectivity index (χ1n) is 5.13. The smallest absolute Gasteiger partial charge is 0.235 e. The van der Waals surface area contributed by atoms with E-state index in [1.165, 1.54) is 4.31 Å². The minimum absolute atomic E-state index is 0.0767. The number of hydrogen-bond donors (Lipinski definition) is 1. The number of nitrogens with zero attached hydrogens (tertiary/aromatic N) is 1. The molecule has 90 valence electrons. The van der Waals surface area contributed by atoms with Crippen LogP contribution in [0.2, 0.25) is 0 Å². The second-order valence-electron chi connectivity index (χ2n) is 3.45. The molecule has 6 heteroatoms. The molecule has 5 nitrogen and oxygen atoms in total. The van der Waals surface area contributed by atoms with Crippen LogP contribution in [0.4, 0.5) is 0 Å². The predicted molar refractivity (Wildman–Crippen MR) is 60.0 cm³/mol. The van der Waals surface area contributed by atoms with Crippen molar-refractivity contribution in [2.75, 3.05) is 25.9 Å². The maximum Gasteiger partial charge on any atom is 0.235 e. The Kier molecular flexibility index (Phi) is 6.51. The zero-order valence-corrected chi connectivity index (χ0v) is 10.4. The molecule has 0 radical (unpaired) electrons. The molecule has 0 fully saturated rings. The Labute approximate surface area is 91.9 Å². The van der Waals surface area contributed by atoms with E-state index in [4.69, 9.17) is 0 Å². The normalized spacial score (nSPS) is 11.7. The van der Waals surface area contributed by atoms with Crippen LogP contribution in [-0.4, -0.2) is 44.5 Å². The Morgan fingerprint density at radius 2 is 1.87 bits per heavy atom. The topological polar surface area (TPSA) is 66.5 Å². The van der Waals surface area contributed by atoms with E-state index in [2.05, 4.69) is 5.32 Å². The van der Waals surface area contributed by atoms with Gasteiger partial charge in [0.2, 0.25) is 15.9 Å². The van der Waals surface area contributed by atoms with Gasteiger partial charge in [0.05, 0.1) is 12.8 Å². The minimum atomic E-state index is -3.27. The summed E-state index contributed by atoms with van der Waals surface area (Å²) in [5.74, 6) is -0.240. The van der Waals surface area contributed by atoms with Crippen molar-refractivity contribution in [2.45, 2.75) is 26.7 Å². The molecule has 0 atom stereocenters. The van der Waals surface area contributed by atoms with E-state index in [1.54, 1.807) is 0 Å². The lowest BCUT2D eigenvalue weighted by atomic mass is 10.4. The van der Waals surface area contributed by atoms with E-state index < -0.39 is 10.0 Å². The van der Waals surface area contributed by atoms with Crippen molar-refractivity contribution in [3.8, 4) is 0 Å². The van der Waals surface area contributed by atoms with E-state index >= 15 is 0 Å². The maximum atomic E-state index is 11.3. The van der Waals surface area contributed by atoms with E-state index in [9.17, 15) is 13.2 Å². The lowest BCUT2D eigenvalue weighted by Gasteiger charge is -2.18. The van der Waals surface area contributed by atoms with Gasteiger partial charge < -0.3 is 5.32 Å². The summed E-state index contributed by atoms with van der Waals surface area (Å²) in [7, 11) is -3.27. The highest BCUT2D eigenvalue weighted by molar-refractivity contribution is 7.88. The van der Waals surface area contributed by atoms with Gasteiger partial charge >= 0.3 is 0 Å². The summed E-state index contributed by atoms with van der Waals surface area (Å²) in [6, 6.07) is 0. The molecule has 0 aromatic carbocycles. The number of amides is 1. The van der Waals surface area contributed by atoms with E-state index in [0.717, 1.165) is 12.7 Å². The molecule has 0 spiro atoms. The van der Waals surface area contributed by atoms with Crippen LogP contribution >= 0.6 is 0 Å². The van der Waals surface area contributed by atoms with Gasteiger partial charge in [-0.25, -0.2) is 8.42 Å². The first-order chi connectivity index (χ1) is 6.91. The van der Waals surface area contributed by atoms with E-state index in [-0.39, 0.29) is 12.5 Å². The first-order valence-corrected chi connectivity index (χ1v) is 6.98. The number of nitrogens with one attached hydrogen (secondary N) is 1. The van der Waals surface area contributed by atoms with Gasteiger partial charge in [-0.15, -0.1) is 0 Å². The molecule has 0 aliphatic heterocycles. The largest absolute Gasteiger partial charge is 0.355 e. The molecule has 15 heavy (non-hydrogen) atoms. The maximum absolute atomic E-state index is 11.3. The monoisotopic (exact) mass is 236 g/mol. The van der Waals surface area contributed by atoms with Crippen molar-refractivity contribution in [2.24, 2.45) is 0 Å². The number of carbonyl (C=O) groups is 1. The van der Waals surface area contributed by atoms with Crippen LogP contribution in [0.15, 0.2) is 0 Å². The van der Waals surface area contributed by atoms with Crippen molar-refractivity contribution < 1.29 is 13.2 Å². The molecule has 0 aromatic rings. The lowest BCUT2D eigenvalue weighted by molar-refractivity contribution is -0.121. The van der Waals surface area contributed by atoms with Crippen LogP contribution in [0.3, 0.4) is 0 Å². The molecule has 0 aromatic heterocycles. The van der Waals surface area contributed by atoms with Gasteiger partial charge in [0.15, 0.2) is 0 Å². The second-order valence-corrected chi connectivity index (χ2v) is 5.43. The standard InChI is InChI=1S/C9H20N2O3S/c1-4-6-10-9(12)8-11(7-5-2)15(3,13)14/h4-8H2,1-3H3,(H,10,12). The van der Waals surface area contributed by atoms with Crippen LogP contribution in [0, 0.1) is 0 Å². The molecule has 0 unspecified atom stereocenters. The fraction of sp³-hybridized carbons (Fsp3) is 0.889. The van der Waals surface area contributed by atoms with Gasteiger partial charge in [-0.1, -0.05) is 13.8 Å². The highest BCUT2D eigenvalue weighted by atomic mass is 32.2. The summed E-state index contributed by atoms with van der Waals surface area (Å²) in [5, 5.41) is 2.65. The fourth-order valence-corrected chi connectivity index (χ4v) is 1.96. The number of sulfonamides is 1. The van der Waals surface area contributed by atoms with Gasteiger partial charge in [0.1, 0.15) is 0 Å². The molecule has 0 heterocycles. The summed E-state index contributed by atoms with van der Waals surface area (Å²) in [5.41, 5.74) is 0. The van der Waals surface area contributed by atoms with Crippen molar-refractivity contribution in [1.82, 2.24) is 9.62 Å². The molecule has 1 N–H and O–H groups in total. The van der Waals surface area contributed by atoms with Gasteiger partial charge in [-0.3, -0.25) is 4.79 Å². The molecule has 0 saturated heterocycles. The highest BCUT2D eigenvalue weighted by Gasteiger charge is 2.18. The van der Waals surface area contributed by atoms with Gasteiger partial charge in [-0.2, -0.15) is 4.31 Å². The summed E-state index contributed by atoms with van der Waals surface area (Å²) in [4.78, 5) is 11.3. The third-order valence-corrected chi connectivity index (χ3v) is 3.08. The van der Waals surface area contributed by atoms with Crippen LogP contribution in [0.25, 0.3) is 0 Å². The Morgan fingerprint density at radius 1 is 1.27 bits per heavy atom. The summed E-state index contributed by atoms with van der Waals surface area (Å²) < 4.78 is 23.7. The van der Waals surface area contributed by atoms with Crippen molar-refractivity contribution >= 4 is 15.9 Å². The predicted octanol–water partition coefficient (Wildman–Crippen LogP) is 0.184. The molecule has 0 saturated carbocycles. The third-order valence-electron chi connectivity index (χ3n) is 1.83. The summed E-state index contributed by atoms with van der Waals surface area (Å²) >= 11 is 0. The Balaban J connectivity index is 4.23. The van der Waals surface area contributed by atoms with E-state index in [1.807, 2.05) is 13.8 Å². The summed E-state index contributed by atoms with van der Waals surface area (Å²) in [6.07, 6.45) is 2.67. The van der Waals surface area contributed by atoms with Crippen LogP contribution < -0.4 is 5.32 Å². The number of hydrogen-bond acceptors (Lipinski definition) is 3. The van der Waals surface area contributed by atoms with Crippen LogP contribution in [0.5, 0.6) is 0 Å². The molecule has 0 rings (SSSR count). The van der Waals surface area contributed by atoms with Crippen LogP contribution in [-0.2, 0) is 14.8 Å². The quantitative estimate of drug-likeness (QED) is 0.686. The van der Waals surface area contributed by atoms with Gasteiger partial charge in [0.25, 0.3) is 0 Å². The van der Waals surface area contributed by atoms with Gasteiger partial charge in [-0.05, 0) is 12.8 Å². The zero-order chi connectivity index (χ0) is 11.9. The van der Waals surface area contributed by atoms with Crippen molar-refractivity contribution in [3.05, 3.63) is 0 Å². The number of carbonyl (C=O) groups excluding carboxylic acids is 1. The highest BCUT2D eigenvalue weighted by Crippen LogP contribution is 1.98. The average Bonchev–Trinajstić information content (AvgIpc) is 2.12. The first kappa shape index (κ1) is 14.4. The molecular formula is C9H20N2O3S. The SMILES string of the molecule is CCCNC(=O)CN(CCC)S(C)(=O)=O.